The third-order valence-corrected chi connectivity index (χ3v) is 4.99. The molecule has 0 spiro atoms. The lowest BCUT2D eigenvalue weighted by atomic mass is 9.96. The zero-order valence-corrected chi connectivity index (χ0v) is 14.0. The molecule has 0 radical (unpaired) electrons. The Morgan fingerprint density at radius 2 is 1.87 bits per heavy atom. The number of nitrogens with zero attached hydrogens (tertiary/aromatic N) is 1. The fourth-order valence-corrected chi connectivity index (χ4v) is 2.99. The van der Waals surface area contributed by atoms with Gasteiger partial charge in [0, 0.05) is 35.8 Å². The lowest BCUT2D eigenvalue weighted by molar-refractivity contribution is -0.121. The number of nitrogens with one attached hydrogen (secondary N) is 2. The Morgan fingerprint density at radius 1 is 1.17 bits per heavy atom. The van der Waals surface area contributed by atoms with Crippen molar-refractivity contribution in [3.8, 4) is 0 Å². The van der Waals surface area contributed by atoms with E-state index in [1.807, 2.05) is 30.0 Å². The van der Waals surface area contributed by atoms with Gasteiger partial charge in [0.2, 0.25) is 5.91 Å². The summed E-state index contributed by atoms with van der Waals surface area (Å²) in [6, 6.07) is 5.88. The van der Waals surface area contributed by atoms with E-state index in [0.717, 1.165) is 24.1 Å². The maximum absolute atomic E-state index is 12.4. The summed E-state index contributed by atoms with van der Waals surface area (Å²) in [5.74, 6) is -0.0454. The zero-order chi connectivity index (χ0) is 16.4. The normalized spacial score (nSPS) is 18.6. The quantitative estimate of drug-likeness (QED) is 0.891. The maximum Gasteiger partial charge on any atom is 0.317 e. The predicted octanol–water partition coefficient (Wildman–Crippen LogP) is 3.17. The lowest BCUT2D eigenvalue weighted by Crippen LogP contribution is -2.46. The Hall–Kier alpha value is -1.75. The van der Waals surface area contributed by atoms with Crippen LogP contribution in [0.3, 0.4) is 0 Å². The number of rotatable bonds is 3. The highest BCUT2D eigenvalue weighted by molar-refractivity contribution is 6.31. The van der Waals surface area contributed by atoms with Gasteiger partial charge in [-0.2, -0.15) is 0 Å². The van der Waals surface area contributed by atoms with Gasteiger partial charge in [0.25, 0.3) is 0 Å². The number of likely N-dealkylation sites (tertiary alicyclic amines) is 1. The number of anilines is 1. The minimum atomic E-state index is -0.0571. The lowest BCUT2D eigenvalue weighted by Gasteiger charge is -2.31. The van der Waals surface area contributed by atoms with E-state index in [9.17, 15) is 9.59 Å². The van der Waals surface area contributed by atoms with Crippen LogP contribution in [0.2, 0.25) is 5.02 Å². The van der Waals surface area contributed by atoms with E-state index in [2.05, 4.69) is 10.6 Å². The highest BCUT2D eigenvalue weighted by atomic mass is 35.5. The van der Waals surface area contributed by atoms with E-state index in [1.165, 1.54) is 0 Å². The zero-order valence-electron chi connectivity index (χ0n) is 13.3. The summed E-state index contributed by atoms with van der Waals surface area (Å²) in [7, 11) is 0. The molecule has 2 aliphatic rings. The molecule has 1 saturated carbocycles. The molecule has 1 aromatic rings. The molecule has 1 saturated heterocycles. The van der Waals surface area contributed by atoms with Crippen LogP contribution in [-0.4, -0.2) is 36.0 Å². The molecule has 0 aromatic heterocycles. The van der Waals surface area contributed by atoms with Crippen molar-refractivity contribution >= 4 is 29.2 Å². The first-order chi connectivity index (χ1) is 11.0. The highest BCUT2D eigenvalue weighted by Crippen LogP contribution is 2.25. The third-order valence-electron chi connectivity index (χ3n) is 4.58. The first kappa shape index (κ1) is 16.1. The van der Waals surface area contributed by atoms with E-state index < -0.39 is 0 Å². The van der Waals surface area contributed by atoms with Crippen LogP contribution in [0.4, 0.5) is 10.5 Å². The minimum Gasteiger partial charge on any atom is -0.335 e. The van der Waals surface area contributed by atoms with Gasteiger partial charge in [0.15, 0.2) is 0 Å². The van der Waals surface area contributed by atoms with Gasteiger partial charge in [0.1, 0.15) is 0 Å². The molecule has 0 atom stereocenters. The molecule has 124 valence electrons. The molecule has 0 unspecified atom stereocenters. The molecule has 1 aliphatic heterocycles. The van der Waals surface area contributed by atoms with Gasteiger partial charge >= 0.3 is 6.03 Å². The summed E-state index contributed by atoms with van der Waals surface area (Å²) < 4.78 is 0. The second-order valence-corrected chi connectivity index (χ2v) is 6.79. The Labute approximate surface area is 141 Å². The van der Waals surface area contributed by atoms with E-state index in [-0.39, 0.29) is 17.9 Å². The number of hydrogen-bond donors (Lipinski definition) is 2. The van der Waals surface area contributed by atoms with Crippen LogP contribution in [-0.2, 0) is 4.79 Å². The topological polar surface area (TPSA) is 61.4 Å². The standard InChI is InChI=1S/C17H22ClN3O2/c1-11-14(18)3-2-4-15(11)20-16(22)12-7-9-21(10-8-12)17(23)19-13-5-6-13/h2-4,12-13H,5-10H2,1H3,(H,19,23)(H,20,22). The Bertz CT molecular complexity index is 608. The summed E-state index contributed by atoms with van der Waals surface area (Å²) >= 11 is 6.08. The predicted molar refractivity (Wildman–Crippen MR) is 90.7 cm³/mol. The fraction of sp³-hybridized carbons (Fsp3) is 0.529. The molecule has 5 nitrogen and oxygen atoms in total. The number of amides is 3. The Kier molecular flexibility index (Phi) is 4.76. The van der Waals surface area contributed by atoms with Crippen LogP contribution in [0.5, 0.6) is 0 Å². The summed E-state index contributed by atoms with van der Waals surface area (Å²) in [6.45, 7) is 3.15. The molecule has 2 fully saturated rings. The van der Waals surface area contributed by atoms with Crippen molar-refractivity contribution in [3.05, 3.63) is 28.8 Å². The number of urea groups is 1. The first-order valence-corrected chi connectivity index (χ1v) is 8.54. The largest absolute Gasteiger partial charge is 0.335 e. The molecular formula is C17H22ClN3O2. The van der Waals surface area contributed by atoms with E-state index in [4.69, 9.17) is 11.6 Å². The molecule has 23 heavy (non-hydrogen) atoms. The number of halogens is 1. The van der Waals surface area contributed by atoms with Gasteiger partial charge in [-0.05, 0) is 50.3 Å². The van der Waals surface area contributed by atoms with E-state index in [1.54, 1.807) is 0 Å². The molecule has 3 amide bonds. The summed E-state index contributed by atoms with van der Waals surface area (Å²) in [6.07, 6.45) is 3.57. The SMILES string of the molecule is Cc1c(Cl)cccc1NC(=O)C1CCN(C(=O)NC2CC2)CC1. The van der Waals surface area contributed by atoms with Crippen molar-refractivity contribution in [1.29, 1.82) is 0 Å². The minimum absolute atomic E-state index is 0.0112. The van der Waals surface area contributed by atoms with Crippen molar-refractivity contribution in [2.24, 2.45) is 5.92 Å². The van der Waals surface area contributed by atoms with Crippen LogP contribution in [0.15, 0.2) is 18.2 Å². The van der Waals surface area contributed by atoms with Crippen molar-refractivity contribution < 1.29 is 9.59 Å². The second-order valence-electron chi connectivity index (χ2n) is 6.39. The van der Waals surface area contributed by atoms with Crippen LogP contribution < -0.4 is 10.6 Å². The van der Waals surface area contributed by atoms with Crippen molar-refractivity contribution in [1.82, 2.24) is 10.2 Å². The van der Waals surface area contributed by atoms with E-state index in [0.29, 0.717) is 37.0 Å². The van der Waals surface area contributed by atoms with Gasteiger partial charge in [-0.3, -0.25) is 4.79 Å². The van der Waals surface area contributed by atoms with E-state index >= 15 is 0 Å². The molecule has 3 rings (SSSR count). The van der Waals surface area contributed by atoms with Crippen molar-refractivity contribution in [2.45, 2.75) is 38.6 Å². The first-order valence-electron chi connectivity index (χ1n) is 8.16. The molecular weight excluding hydrogens is 314 g/mol. The second kappa shape index (κ2) is 6.79. The number of hydrogen-bond acceptors (Lipinski definition) is 2. The molecule has 6 heteroatoms. The number of carbonyl (C=O) groups is 2. The average molecular weight is 336 g/mol. The van der Waals surface area contributed by atoms with Gasteiger partial charge in [-0.15, -0.1) is 0 Å². The van der Waals surface area contributed by atoms with Crippen molar-refractivity contribution in [2.75, 3.05) is 18.4 Å². The summed E-state index contributed by atoms with van der Waals surface area (Å²) in [5, 5.41) is 6.61. The summed E-state index contributed by atoms with van der Waals surface area (Å²) in [4.78, 5) is 26.2. The monoisotopic (exact) mass is 335 g/mol. The average Bonchev–Trinajstić information content (AvgIpc) is 3.36. The molecule has 2 N–H and O–H groups in total. The molecule has 0 bridgehead atoms. The maximum atomic E-state index is 12.4. The van der Waals surface area contributed by atoms with Gasteiger partial charge in [-0.1, -0.05) is 17.7 Å². The Morgan fingerprint density at radius 3 is 2.52 bits per heavy atom. The molecule has 1 aromatic carbocycles. The molecule has 1 aliphatic carbocycles. The van der Waals surface area contributed by atoms with Gasteiger partial charge in [0.05, 0.1) is 0 Å². The smallest absolute Gasteiger partial charge is 0.317 e. The number of benzene rings is 1. The van der Waals surface area contributed by atoms with Crippen LogP contribution in [0.25, 0.3) is 0 Å². The third kappa shape index (κ3) is 3.96. The fourth-order valence-electron chi connectivity index (χ4n) is 2.82. The molecule has 1 heterocycles. The van der Waals surface area contributed by atoms with Crippen molar-refractivity contribution in [3.63, 3.8) is 0 Å². The van der Waals surface area contributed by atoms with Crippen LogP contribution >= 0.6 is 11.6 Å². The van der Waals surface area contributed by atoms with Crippen LogP contribution in [0, 0.1) is 12.8 Å². The van der Waals surface area contributed by atoms with Gasteiger partial charge in [-0.25, -0.2) is 4.79 Å². The van der Waals surface area contributed by atoms with Gasteiger partial charge < -0.3 is 15.5 Å². The Balaban J connectivity index is 1.51. The van der Waals surface area contributed by atoms with Crippen LogP contribution in [0.1, 0.15) is 31.2 Å². The number of piperidine rings is 1. The number of carbonyl (C=O) groups excluding carboxylic acids is 2. The summed E-state index contributed by atoms with van der Waals surface area (Å²) in [5.41, 5.74) is 1.64. The highest BCUT2D eigenvalue weighted by Gasteiger charge is 2.30.